The monoisotopic (exact) mass is 340 g/mol. The van der Waals surface area contributed by atoms with Gasteiger partial charge >= 0.3 is 0 Å². The molecule has 4 nitrogen and oxygen atoms in total. The standard InChI is InChI=1S/C21H28N2O2/c1-16-7-8-17(2)20(13-16)23-11-9-22(10-12-23)15-21(24)18-5-4-6-19(14-18)25-3/h4-8,13-14,21,24H,9-12,15H2,1-3H3. The molecule has 4 heteroatoms. The summed E-state index contributed by atoms with van der Waals surface area (Å²) in [5, 5.41) is 10.5. The van der Waals surface area contributed by atoms with Crippen LogP contribution >= 0.6 is 0 Å². The summed E-state index contributed by atoms with van der Waals surface area (Å²) in [5.41, 5.74) is 4.89. The Balaban J connectivity index is 1.58. The van der Waals surface area contributed by atoms with Crippen molar-refractivity contribution in [2.75, 3.05) is 44.7 Å². The van der Waals surface area contributed by atoms with Crippen LogP contribution in [0.3, 0.4) is 0 Å². The number of β-amino-alcohol motifs (C(OH)–C–C–N with tert-alkyl or cyclic N) is 1. The summed E-state index contributed by atoms with van der Waals surface area (Å²) in [6.45, 7) is 8.90. The summed E-state index contributed by atoms with van der Waals surface area (Å²) in [7, 11) is 1.65. The molecule has 1 N–H and O–H groups in total. The smallest absolute Gasteiger partial charge is 0.119 e. The highest BCUT2D eigenvalue weighted by Gasteiger charge is 2.21. The van der Waals surface area contributed by atoms with Crippen molar-refractivity contribution >= 4 is 5.69 Å². The molecule has 1 unspecified atom stereocenters. The number of ether oxygens (including phenoxy) is 1. The maximum absolute atomic E-state index is 10.5. The maximum Gasteiger partial charge on any atom is 0.119 e. The third-order valence-electron chi connectivity index (χ3n) is 4.99. The first kappa shape index (κ1) is 17.8. The molecule has 2 aromatic carbocycles. The van der Waals surface area contributed by atoms with E-state index in [4.69, 9.17) is 4.74 Å². The highest BCUT2D eigenvalue weighted by atomic mass is 16.5. The van der Waals surface area contributed by atoms with Gasteiger partial charge in [0, 0.05) is 38.4 Å². The van der Waals surface area contributed by atoms with Gasteiger partial charge in [-0.05, 0) is 48.7 Å². The van der Waals surface area contributed by atoms with E-state index >= 15 is 0 Å². The summed E-state index contributed by atoms with van der Waals surface area (Å²) in [6.07, 6.45) is -0.484. The minimum absolute atomic E-state index is 0.484. The van der Waals surface area contributed by atoms with Gasteiger partial charge < -0.3 is 14.7 Å². The van der Waals surface area contributed by atoms with Crippen molar-refractivity contribution in [1.29, 1.82) is 0 Å². The van der Waals surface area contributed by atoms with Crippen molar-refractivity contribution in [2.45, 2.75) is 20.0 Å². The average Bonchev–Trinajstić information content (AvgIpc) is 2.64. The van der Waals surface area contributed by atoms with Gasteiger partial charge in [-0.2, -0.15) is 0 Å². The molecular formula is C21H28N2O2. The number of benzene rings is 2. The number of hydrogen-bond acceptors (Lipinski definition) is 4. The Morgan fingerprint density at radius 1 is 1.04 bits per heavy atom. The van der Waals surface area contributed by atoms with Crippen molar-refractivity contribution in [2.24, 2.45) is 0 Å². The topological polar surface area (TPSA) is 35.9 Å². The van der Waals surface area contributed by atoms with Gasteiger partial charge in [-0.15, -0.1) is 0 Å². The van der Waals surface area contributed by atoms with Crippen molar-refractivity contribution in [3.63, 3.8) is 0 Å². The number of piperazine rings is 1. The Kier molecular flexibility index (Phi) is 5.61. The third kappa shape index (κ3) is 4.33. The Labute approximate surface area is 150 Å². The van der Waals surface area contributed by atoms with Gasteiger partial charge in [0.15, 0.2) is 0 Å². The molecule has 134 valence electrons. The second-order valence-corrected chi connectivity index (χ2v) is 6.87. The largest absolute Gasteiger partial charge is 0.497 e. The van der Waals surface area contributed by atoms with E-state index in [2.05, 4.69) is 41.8 Å². The van der Waals surface area contributed by atoms with Crippen LogP contribution in [-0.2, 0) is 0 Å². The number of aliphatic hydroxyl groups is 1. The number of rotatable bonds is 5. The van der Waals surface area contributed by atoms with Crippen LogP contribution in [0.2, 0.25) is 0 Å². The number of aryl methyl sites for hydroxylation is 2. The Bertz CT molecular complexity index is 709. The summed E-state index contributed by atoms with van der Waals surface area (Å²) in [5.74, 6) is 0.788. The van der Waals surface area contributed by atoms with E-state index in [1.807, 2.05) is 24.3 Å². The van der Waals surface area contributed by atoms with Gasteiger partial charge in [0.25, 0.3) is 0 Å². The van der Waals surface area contributed by atoms with Gasteiger partial charge in [0.1, 0.15) is 5.75 Å². The van der Waals surface area contributed by atoms with Crippen LogP contribution in [0.15, 0.2) is 42.5 Å². The lowest BCUT2D eigenvalue weighted by Crippen LogP contribution is -2.47. The van der Waals surface area contributed by atoms with E-state index in [9.17, 15) is 5.11 Å². The van der Waals surface area contributed by atoms with E-state index in [-0.39, 0.29) is 0 Å². The predicted octanol–water partition coefficient (Wildman–Crippen LogP) is 3.17. The molecule has 0 amide bonds. The number of nitrogens with zero attached hydrogens (tertiary/aromatic N) is 2. The van der Waals surface area contributed by atoms with Crippen LogP contribution < -0.4 is 9.64 Å². The Morgan fingerprint density at radius 3 is 2.52 bits per heavy atom. The van der Waals surface area contributed by atoms with E-state index in [0.717, 1.165) is 37.5 Å². The van der Waals surface area contributed by atoms with Crippen molar-refractivity contribution in [3.8, 4) is 5.75 Å². The molecule has 1 saturated heterocycles. The Morgan fingerprint density at radius 2 is 1.80 bits per heavy atom. The maximum atomic E-state index is 10.5. The van der Waals surface area contributed by atoms with E-state index in [1.54, 1.807) is 7.11 Å². The second kappa shape index (κ2) is 7.89. The molecule has 0 bridgehead atoms. The molecule has 1 atom stereocenters. The molecule has 1 aliphatic heterocycles. The summed E-state index contributed by atoms with van der Waals surface area (Å²) >= 11 is 0. The van der Waals surface area contributed by atoms with Gasteiger partial charge in [0.2, 0.25) is 0 Å². The van der Waals surface area contributed by atoms with E-state index in [0.29, 0.717) is 6.54 Å². The highest BCUT2D eigenvalue weighted by molar-refractivity contribution is 5.55. The molecule has 1 fully saturated rings. The number of hydrogen-bond donors (Lipinski definition) is 1. The van der Waals surface area contributed by atoms with Crippen LogP contribution in [-0.4, -0.2) is 49.8 Å². The van der Waals surface area contributed by atoms with E-state index in [1.165, 1.54) is 16.8 Å². The van der Waals surface area contributed by atoms with Gasteiger partial charge in [0.05, 0.1) is 13.2 Å². The molecule has 2 aromatic rings. The fraction of sp³-hybridized carbons (Fsp3) is 0.429. The average molecular weight is 340 g/mol. The zero-order chi connectivity index (χ0) is 17.8. The molecule has 25 heavy (non-hydrogen) atoms. The van der Waals surface area contributed by atoms with Gasteiger partial charge in [-0.1, -0.05) is 24.3 Å². The second-order valence-electron chi connectivity index (χ2n) is 6.87. The lowest BCUT2D eigenvalue weighted by molar-refractivity contribution is 0.109. The summed E-state index contributed by atoms with van der Waals surface area (Å²) in [6, 6.07) is 14.3. The zero-order valence-corrected chi connectivity index (χ0v) is 15.4. The van der Waals surface area contributed by atoms with Gasteiger partial charge in [-0.3, -0.25) is 4.90 Å². The highest BCUT2D eigenvalue weighted by Crippen LogP contribution is 2.24. The fourth-order valence-electron chi connectivity index (χ4n) is 3.43. The molecule has 1 aliphatic rings. The Hall–Kier alpha value is -2.04. The van der Waals surface area contributed by atoms with Crippen LogP contribution in [0.25, 0.3) is 0 Å². The number of methoxy groups -OCH3 is 1. The van der Waals surface area contributed by atoms with E-state index < -0.39 is 6.10 Å². The molecule has 0 radical (unpaired) electrons. The molecule has 3 rings (SSSR count). The molecular weight excluding hydrogens is 312 g/mol. The van der Waals surface area contributed by atoms with Crippen LogP contribution in [0, 0.1) is 13.8 Å². The zero-order valence-electron chi connectivity index (χ0n) is 15.4. The first-order valence-corrected chi connectivity index (χ1v) is 8.93. The lowest BCUT2D eigenvalue weighted by atomic mass is 10.1. The summed E-state index contributed by atoms with van der Waals surface area (Å²) in [4.78, 5) is 4.79. The SMILES string of the molecule is COc1cccc(C(O)CN2CCN(c3cc(C)ccc3C)CC2)c1. The molecule has 0 spiro atoms. The first-order valence-electron chi connectivity index (χ1n) is 8.93. The number of aliphatic hydroxyl groups excluding tert-OH is 1. The normalized spacial score (nSPS) is 16.7. The van der Waals surface area contributed by atoms with Crippen LogP contribution in [0.1, 0.15) is 22.8 Å². The molecule has 0 saturated carbocycles. The molecule has 0 aromatic heterocycles. The van der Waals surface area contributed by atoms with Crippen molar-refractivity contribution < 1.29 is 9.84 Å². The predicted molar refractivity (Wildman–Crippen MR) is 103 cm³/mol. The minimum atomic E-state index is -0.484. The fourth-order valence-corrected chi connectivity index (χ4v) is 3.43. The third-order valence-corrected chi connectivity index (χ3v) is 4.99. The molecule has 1 heterocycles. The van der Waals surface area contributed by atoms with Crippen LogP contribution in [0.5, 0.6) is 5.75 Å². The first-order chi connectivity index (χ1) is 12.1. The summed E-state index contributed by atoms with van der Waals surface area (Å²) < 4.78 is 5.25. The quantitative estimate of drug-likeness (QED) is 0.907. The van der Waals surface area contributed by atoms with Crippen LogP contribution in [0.4, 0.5) is 5.69 Å². The molecule has 0 aliphatic carbocycles. The van der Waals surface area contributed by atoms with Crippen molar-refractivity contribution in [1.82, 2.24) is 4.90 Å². The van der Waals surface area contributed by atoms with Gasteiger partial charge in [-0.25, -0.2) is 0 Å². The van der Waals surface area contributed by atoms with Crippen molar-refractivity contribution in [3.05, 3.63) is 59.2 Å². The number of anilines is 1. The lowest BCUT2D eigenvalue weighted by Gasteiger charge is -2.37. The minimum Gasteiger partial charge on any atom is -0.497 e.